The van der Waals surface area contributed by atoms with Gasteiger partial charge in [0.1, 0.15) is 12.4 Å². The van der Waals surface area contributed by atoms with E-state index in [4.69, 9.17) is 4.74 Å². The van der Waals surface area contributed by atoms with Gasteiger partial charge in [0.05, 0.1) is 0 Å². The summed E-state index contributed by atoms with van der Waals surface area (Å²) in [6, 6.07) is 6.07. The van der Waals surface area contributed by atoms with Crippen LogP contribution >= 0.6 is 15.9 Å². The molecule has 90 valence electrons. The number of aryl methyl sites for hydroxylation is 1. The van der Waals surface area contributed by atoms with Gasteiger partial charge in [-0.05, 0) is 43.1 Å². The van der Waals surface area contributed by atoms with E-state index >= 15 is 0 Å². The first kappa shape index (κ1) is 13.5. The molecule has 0 amide bonds. The number of benzene rings is 1. The van der Waals surface area contributed by atoms with E-state index in [1.807, 2.05) is 12.1 Å². The minimum atomic E-state index is 0.689. The summed E-state index contributed by atoms with van der Waals surface area (Å²) in [5.41, 5.74) is 1.17. The Balaban J connectivity index is 2.27. The predicted molar refractivity (Wildman–Crippen MR) is 72.1 cm³/mol. The van der Waals surface area contributed by atoms with Crippen LogP contribution in [0.4, 0.5) is 0 Å². The van der Waals surface area contributed by atoms with E-state index in [9.17, 15) is 0 Å². The van der Waals surface area contributed by atoms with Gasteiger partial charge in [0.2, 0.25) is 0 Å². The summed E-state index contributed by atoms with van der Waals surface area (Å²) in [5, 5.41) is 3.35. The molecule has 1 aromatic carbocycles. The zero-order chi connectivity index (χ0) is 12.0. The van der Waals surface area contributed by atoms with Crippen molar-refractivity contribution in [3.05, 3.63) is 28.2 Å². The van der Waals surface area contributed by atoms with Crippen molar-refractivity contribution < 1.29 is 4.74 Å². The zero-order valence-corrected chi connectivity index (χ0v) is 11.8. The third-order valence-electron chi connectivity index (χ3n) is 2.23. The molecule has 0 radical (unpaired) electrons. The molecule has 1 rings (SSSR count). The Morgan fingerprint density at radius 2 is 2.12 bits per heavy atom. The SMILES string of the molecule is Cc1cc(Br)ccc1OCCNCC(C)C. The molecule has 0 bridgehead atoms. The highest BCUT2D eigenvalue weighted by atomic mass is 79.9. The Hall–Kier alpha value is -0.540. The molecule has 1 aromatic rings. The van der Waals surface area contributed by atoms with Crippen molar-refractivity contribution in [2.24, 2.45) is 5.92 Å². The van der Waals surface area contributed by atoms with E-state index in [2.05, 4.69) is 48.1 Å². The molecule has 0 saturated heterocycles. The predicted octanol–water partition coefficient (Wildman–Crippen LogP) is 3.38. The van der Waals surface area contributed by atoms with E-state index < -0.39 is 0 Å². The molecular formula is C13H20BrNO. The van der Waals surface area contributed by atoms with Crippen molar-refractivity contribution in [2.75, 3.05) is 19.7 Å². The van der Waals surface area contributed by atoms with E-state index in [1.54, 1.807) is 0 Å². The van der Waals surface area contributed by atoms with E-state index in [0.29, 0.717) is 5.92 Å². The molecule has 0 aromatic heterocycles. The Morgan fingerprint density at radius 1 is 1.38 bits per heavy atom. The molecule has 0 fully saturated rings. The van der Waals surface area contributed by atoms with Gasteiger partial charge in [-0.2, -0.15) is 0 Å². The summed E-state index contributed by atoms with van der Waals surface area (Å²) in [7, 11) is 0. The number of hydrogen-bond donors (Lipinski definition) is 1. The van der Waals surface area contributed by atoms with Crippen LogP contribution in [-0.4, -0.2) is 19.7 Å². The van der Waals surface area contributed by atoms with Crippen LogP contribution in [0.1, 0.15) is 19.4 Å². The summed E-state index contributed by atoms with van der Waals surface area (Å²) in [5.74, 6) is 1.66. The Bertz CT molecular complexity index is 326. The third-order valence-corrected chi connectivity index (χ3v) is 2.72. The number of hydrogen-bond acceptors (Lipinski definition) is 2. The second-order valence-electron chi connectivity index (χ2n) is 4.36. The topological polar surface area (TPSA) is 21.3 Å². The van der Waals surface area contributed by atoms with E-state index in [1.165, 1.54) is 5.56 Å². The molecule has 16 heavy (non-hydrogen) atoms. The highest BCUT2D eigenvalue weighted by molar-refractivity contribution is 9.10. The molecule has 1 N–H and O–H groups in total. The molecule has 0 unspecified atom stereocenters. The molecule has 0 aliphatic heterocycles. The maximum absolute atomic E-state index is 5.69. The molecule has 2 nitrogen and oxygen atoms in total. The molecular weight excluding hydrogens is 266 g/mol. The molecule has 0 aliphatic rings. The fraction of sp³-hybridized carbons (Fsp3) is 0.538. The van der Waals surface area contributed by atoms with Crippen molar-refractivity contribution in [1.29, 1.82) is 0 Å². The van der Waals surface area contributed by atoms with Gasteiger partial charge in [0.15, 0.2) is 0 Å². The molecule has 0 spiro atoms. The Labute approximate surface area is 107 Å². The van der Waals surface area contributed by atoms with Crippen molar-refractivity contribution in [1.82, 2.24) is 5.32 Å². The zero-order valence-electron chi connectivity index (χ0n) is 10.2. The van der Waals surface area contributed by atoms with E-state index in [-0.39, 0.29) is 0 Å². The van der Waals surface area contributed by atoms with Crippen LogP contribution in [0.3, 0.4) is 0 Å². The summed E-state index contributed by atoms with van der Waals surface area (Å²) in [6.07, 6.45) is 0. The minimum Gasteiger partial charge on any atom is -0.492 e. The average molecular weight is 286 g/mol. The summed E-state index contributed by atoms with van der Waals surface area (Å²) >= 11 is 3.44. The summed E-state index contributed by atoms with van der Waals surface area (Å²) in [6.45, 7) is 9.12. The largest absolute Gasteiger partial charge is 0.492 e. The van der Waals surface area contributed by atoms with E-state index in [0.717, 1.165) is 29.9 Å². The van der Waals surface area contributed by atoms with Crippen LogP contribution in [0.2, 0.25) is 0 Å². The first-order valence-electron chi connectivity index (χ1n) is 5.69. The average Bonchev–Trinajstić information content (AvgIpc) is 2.20. The maximum Gasteiger partial charge on any atom is 0.122 e. The molecule has 0 atom stereocenters. The first-order valence-corrected chi connectivity index (χ1v) is 6.48. The fourth-order valence-corrected chi connectivity index (χ4v) is 1.87. The van der Waals surface area contributed by atoms with Crippen molar-refractivity contribution >= 4 is 15.9 Å². The van der Waals surface area contributed by atoms with Gasteiger partial charge in [-0.1, -0.05) is 29.8 Å². The van der Waals surface area contributed by atoms with Crippen molar-refractivity contribution in [3.8, 4) is 5.75 Å². The highest BCUT2D eigenvalue weighted by Crippen LogP contribution is 2.21. The fourth-order valence-electron chi connectivity index (χ4n) is 1.40. The standard InChI is InChI=1S/C13H20BrNO/c1-10(2)9-15-6-7-16-13-5-4-12(14)8-11(13)3/h4-5,8,10,15H,6-7,9H2,1-3H3. The van der Waals surface area contributed by atoms with Crippen LogP contribution < -0.4 is 10.1 Å². The van der Waals surface area contributed by atoms with Crippen molar-refractivity contribution in [3.63, 3.8) is 0 Å². The number of nitrogens with one attached hydrogen (secondary N) is 1. The monoisotopic (exact) mass is 285 g/mol. The van der Waals surface area contributed by atoms with Gasteiger partial charge in [-0.15, -0.1) is 0 Å². The number of ether oxygens (including phenoxy) is 1. The summed E-state index contributed by atoms with van der Waals surface area (Å²) in [4.78, 5) is 0. The van der Waals surface area contributed by atoms with Crippen LogP contribution in [0, 0.1) is 12.8 Å². The minimum absolute atomic E-state index is 0.689. The maximum atomic E-state index is 5.69. The van der Waals surface area contributed by atoms with Gasteiger partial charge in [0, 0.05) is 11.0 Å². The van der Waals surface area contributed by atoms with Gasteiger partial charge >= 0.3 is 0 Å². The smallest absolute Gasteiger partial charge is 0.122 e. The molecule has 0 aliphatic carbocycles. The lowest BCUT2D eigenvalue weighted by atomic mass is 10.2. The highest BCUT2D eigenvalue weighted by Gasteiger charge is 1.99. The van der Waals surface area contributed by atoms with Crippen LogP contribution in [0.25, 0.3) is 0 Å². The van der Waals surface area contributed by atoms with Gasteiger partial charge in [-0.25, -0.2) is 0 Å². The normalized spacial score (nSPS) is 10.8. The first-order chi connectivity index (χ1) is 7.59. The van der Waals surface area contributed by atoms with Crippen molar-refractivity contribution in [2.45, 2.75) is 20.8 Å². The lowest BCUT2D eigenvalue weighted by Gasteiger charge is -2.11. The second kappa shape index (κ2) is 6.92. The third kappa shape index (κ3) is 4.99. The van der Waals surface area contributed by atoms with Crippen LogP contribution in [0.5, 0.6) is 5.75 Å². The molecule has 3 heteroatoms. The second-order valence-corrected chi connectivity index (χ2v) is 5.27. The lowest BCUT2D eigenvalue weighted by Crippen LogP contribution is -2.25. The van der Waals surface area contributed by atoms with Crippen LogP contribution in [0.15, 0.2) is 22.7 Å². The Kier molecular flexibility index (Phi) is 5.85. The quantitative estimate of drug-likeness (QED) is 0.809. The summed E-state index contributed by atoms with van der Waals surface area (Å²) < 4.78 is 6.78. The molecule has 0 saturated carbocycles. The van der Waals surface area contributed by atoms with Gasteiger partial charge in [-0.3, -0.25) is 0 Å². The Morgan fingerprint density at radius 3 is 2.75 bits per heavy atom. The van der Waals surface area contributed by atoms with Crippen LogP contribution in [-0.2, 0) is 0 Å². The van der Waals surface area contributed by atoms with Gasteiger partial charge < -0.3 is 10.1 Å². The number of halogens is 1. The number of rotatable bonds is 6. The van der Waals surface area contributed by atoms with Gasteiger partial charge in [0.25, 0.3) is 0 Å². The lowest BCUT2D eigenvalue weighted by molar-refractivity contribution is 0.309. The molecule has 0 heterocycles.